The molecule has 3 rings (SSSR count). The lowest BCUT2D eigenvalue weighted by atomic mass is 10.1. The Labute approximate surface area is 194 Å². The number of nitro benzene ring substituents is 1. The summed E-state index contributed by atoms with van der Waals surface area (Å²) >= 11 is 6.86. The molecule has 8 nitrogen and oxygen atoms in total. The van der Waals surface area contributed by atoms with Crippen LogP contribution in [0, 0.1) is 24.0 Å². The normalized spacial score (nSPS) is 11.3. The van der Waals surface area contributed by atoms with Crippen molar-refractivity contribution in [3.63, 3.8) is 0 Å². The summed E-state index contributed by atoms with van der Waals surface area (Å²) in [5.74, 6) is 0.0927. The molecule has 1 unspecified atom stereocenters. The number of nitro groups is 1. The van der Waals surface area contributed by atoms with Crippen molar-refractivity contribution in [1.29, 1.82) is 0 Å². The number of nitrogens with zero attached hydrogens (tertiary/aromatic N) is 1. The minimum absolute atomic E-state index is 0.113. The van der Waals surface area contributed by atoms with Crippen molar-refractivity contribution in [1.82, 2.24) is 5.32 Å². The SMILES string of the molecule is COc1ccc([N+](=O)[O-])cc1NC(=S)NC(C(=O)Nc1cc(C)cc(C)c1)c1ccsc1. The van der Waals surface area contributed by atoms with Crippen LogP contribution in [0.2, 0.25) is 0 Å². The number of methoxy groups -OCH3 is 1. The Morgan fingerprint density at radius 2 is 1.84 bits per heavy atom. The van der Waals surface area contributed by atoms with E-state index in [0.29, 0.717) is 17.1 Å². The fourth-order valence-corrected chi connectivity index (χ4v) is 4.11. The first-order valence-corrected chi connectivity index (χ1v) is 10.9. The van der Waals surface area contributed by atoms with Crippen LogP contribution >= 0.6 is 23.6 Å². The van der Waals surface area contributed by atoms with Gasteiger partial charge in [0.05, 0.1) is 17.7 Å². The molecule has 0 saturated heterocycles. The molecule has 1 atom stereocenters. The van der Waals surface area contributed by atoms with Crippen molar-refractivity contribution in [2.75, 3.05) is 17.7 Å². The van der Waals surface area contributed by atoms with E-state index in [1.165, 1.54) is 36.6 Å². The van der Waals surface area contributed by atoms with E-state index in [4.69, 9.17) is 17.0 Å². The number of benzene rings is 2. The van der Waals surface area contributed by atoms with Gasteiger partial charge in [0.15, 0.2) is 5.11 Å². The molecule has 1 aromatic heterocycles. The van der Waals surface area contributed by atoms with E-state index >= 15 is 0 Å². The highest BCUT2D eigenvalue weighted by Gasteiger charge is 2.23. The van der Waals surface area contributed by atoms with E-state index in [1.54, 1.807) is 0 Å². The van der Waals surface area contributed by atoms with Crippen LogP contribution in [0.5, 0.6) is 5.75 Å². The van der Waals surface area contributed by atoms with Crippen molar-refractivity contribution < 1.29 is 14.5 Å². The maximum atomic E-state index is 13.1. The molecule has 10 heteroatoms. The zero-order valence-electron chi connectivity index (χ0n) is 17.7. The summed E-state index contributed by atoms with van der Waals surface area (Å²) in [6, 6.07) is 11.0. The number of thiophene rings is 1. The first-order valence-electron chi connectivity index (χ1n) is 9.58. The molecule has 0 fully saturated rings. The van der Waals surface area contributed by atoms with E-state index in [1.807, 2.05) is 48.9 Å². The van der Waals surface area contributed by atoms with Gasteiger partial charge in [0.25, 0.3) is 11.6 Å². The Hall–Kier alpha value is -3.50. The van der Waals surface area contributed by atoms with Gasteiger partial charge < -0.3 is 20.7 Å². The quantitative estimate of drug-likeness (QED) is 0.255. The number of amides is 1. The number of nitrogens with one attached hydrogen (secondary N) is 3. The predicted octanol–water partition coefficient (Wildman–Crippen LogP) is 4.95. The lowest BCUT2D eigenvalue weighted by molar-refractivity contribution is -0.384. The number of aryl methyl sites for hydroxylation is 2. The second-order valence-corrected chi connectivity index (χ2v) is 8.28. The van der Waals surface area contributed by atoms with E-state index in [-0.39, 0.29) is 16.7 Å². The number of non-ortho nitro benzene ring substituents is 1. The molecule has 1 heterocycles. The summed E-state index contributed by atoms with van der Waals surface area (Å²) in [6.07, 6.45) is 0. The number of carbonyl (C=O) groups is 1. The van der Waals surface area contributed by atoms with Crippen molar-refractivity contribution >= 4 is 51.6 Å². The van der Waals surface area contributed by atoms with Crippen LogP contribution < -0.4 is 20.7 Å². The summed E-state index contributed by atoms with van der Waals surface area (Å²) in [5.41, 5.74) is 3.71. The Kier molecular flexibility index (Phi) is 7.39. The maximum Gasteiger partial charge on any atom is 0.271 e. The largest absolute Gasteiger partial charge is 0.495 e. The number of rotatable bonds is 7. The van der Waals surface area contributed by atoms with Crippen LogP contribution in [0.1, 0.15) is 22.7 Å². The first-order chi connectivity index (χ1) is 15.3. The molecule has 0 bridgehead atoms. The highest BCUT2D eigenvalue weighted by atomic mass is 32.1. The molecule has 166 valence electrons. The topological polar surface area (TPSA) is 106 Å². The molecule has 0 aliphatic heterocycles. The lowest BCUT2D eigenvalue weighted by Gasteiger charge is -2.21. The summed E-state index contributed by atoms with van der Waals surface area (Å²) in [6.45, 7) is 3.92. The average Bonchev–Trinajstić information content (AvgIpc) is 3.25. The minimum Gasteiger partial charge on any atom is -0.495 e. The van der Waals surface area contributed by atoms with Gasteiger partial charge in [-0.1, -0.05) is 6.07 Å². The van der Waals surface area contributed by atoms with Gasteiger partial charge in [-0.15, -0.1) is 0 Å². The van der Waals surface area contributed by atoms with Crippen LogP contribution in [0.4, 0.5) is 17.1 Å². The predicted molar refractivity (Wildman–Crippen MR) is 131 cm³/mol. The molecular weight excluding hydrogens is 448 g/mol. The van der Waals surface area contributed by atoms with Crippen molar-refractivity contribution in [2.45, 2.75) is 19.9 Å². The number of hydrogen-bond donors (Lipinski definition) is 3. The van der Waals surface area contributed by atoms with Crippen molar-refractivity contribution in [3.8, 4) is 5.75 Å². The van der Waals surface area contributed by atoms with E-state index in [9.17, 15) is 14.9 Å². The second kappa shape index (κ2) is 10.2. The van der Waals surface area contributed by atoms with Crippen LogP contribution in [-0.2, 0) is 4.79 Å². The number of carbonyl (C=O) groups excluding carboxylic acids is 1. The first kappa shape index (κ1) is 23.2. The number of anilines is 2. The standard InChI is InChI=1S/C22H22N4O4S2/c1-13-8-14(2)10-16(9-13)23-21(27)20(15-6-7-32-12-15)25-22(31)24-18-11-17(26(28)29)4-5-19(18)30-3/h4-12,20H,1-3H3,(H,23,27)(H2,24,25,31). The smallest absolute Gasteiger partial charge is 0.271 e. The summed E-state index contributed by atoms with van der Waals surface area (Å²) in [5, 5.41) is 23.8. The molecular formula is C22H22N4O4S2. The van der Waals surface area contributed by atoms with E-state index in [2.05, 4.69) is 16.0 Å². The molecule has 0 saturated carbocycles. The Balaban J connectivity index is 1.80. The van der Waals surface area contributed by atoms with Gasteiger partial charge >= 0.3 is 0 Å². The monoisotopic (exact) mass is 470 g/mol. The molecule has 0 aliphatic rings. The molecule has 3 N–H and O–H groups in total. The van der Waals surface area contributed by atoms with Gasteiger partial charge in [-0.2, -0.15) is 11.3 Å². The number of hydrogen-bond acceptors (Lipinski definition) is 6. The third kappa shape index (κ3) is 5.80. The zero-order chi connectivity index (χ0) is 23.3. The third-order valence-electron chi connectivity index (χ3n) is 4.55. The van der Waals surface area contributed by atoms with Gasteiger partial charge in [-0.25, -0.2) is 0 Å². The molecule has 0 aliphatic carbocycles. The van der Waals surface area contributed by atoms with Crippen LogP contribution in [0.15, 0.2) is 53.2 Å². The molecule has 1 amide bonds. The van der Waals surface area contributed by atoms with Crippen molar-refractivity contribution in [2.24, 2.45) is 0 Å². The average molecular weight is 471 g/mol. The van der Waals surface area contributed by atoms with Crippen LogP contribution in [0.3, 0.4) is 0 Å². The second-order valence-electron chi connectivity index (χ2n) is 7.10. The Morgan fingerprint density at radius 3 is 2.44 bits per heavy atom. The van der Waals surface area contributed by atoms with E-state index < -0.39 is 11.0 Å². The van der Waals surface area contributed by atoms with Crippen LogP contribution in [-0.4, -0.2) is 23.1 Å². The summed E-state index contributed by atoms with van der Waals surface area (Å²) < 4.78 is 5.26. The maximum absolute atomic E-state index is 13.1. The molecule has 0 radical (unpaired) electrons. The molecule has 2 aromatic carbocycles. The Morgan fingerprint density at radius 1 is 1.12 bits per heavy atom. The van der Waals surface area contributed by atoms with Gasteiger partial charge in [-0.3, -0.25) is 14.9 Å². The highest BCUT2D eigenvalue weighted by molar-refractivity contribution is 7.80. The third-order valence-corrected chi connectivity index (χ3v) is 5.47. The van der Waals surface area contributed by atoms with Crippen LogP contribution in [0.25, 0.3) is 0 Å². The summed E-state index contributed by atoms with van der Waals surface area (Å²) in [4.78, 5) is 23.7. The fraction of sp³-hybridized carbons (Fsp3) is 0.182. The minimum atomic E-state index is -0.772. The van der Waals surface area contributed by atoms with E-state index in [0.717, 1.165) is 16.7 Å². The van der Waals surface area contributed by atoms with Gasteiger partial charge in [-0.05, 0) is 77.8 Å². The Bertz CT molecular complexity index is 1130. The van der Waals surface area contributed by atoms with Gasteiger partial charge in [0.1, 0.15) is 11.8 Å². The highest BCUT2D eigenvalue weighted by Crippen LogP contribution is 2.29. The lowest BCUT2D eigenvalue weighted by Crippen LogP contribution is -2.39. The van der Waals surface area contributed by atoms with Gasteiger partial charge in [0, 0.05) is 17.8 Å². The van der Waals surface area contributed by atoms with Gasteiger partial charge in [0.2, 0.25) is 0 Å². The zero-order valence-corrected chi connectivity index (χ0v) is 19.3. The fourth-order valence-electron chi connectivity index (χ4n) is 3.20. The number of thiocarbonyl (C=S) groups is 1. The molecule has 32 heavy (non-hydrogen) atoms. The summed E-state index contributed by atoms with van der Waals surface area (Å²) in [7, 11) is 1.45. The van der Waals surface area contributed by atoms with Crippen molar-refractivity contribution in [3.05, 3.63) is 80.0 Å². The molecule has 3 aromatic rings. The number of ether oxygens (including phenoxy) is 1. The molecule has 0 spiro atoms.